The van der Waals surface area contributed by atoms with Crippen LogP contribution in [-0.4, -0.2) is 219 Å². The molecule has 8 rings (SSSR count). The molecule has 0 aromatic heterocycles. The molecule has 4 heterocycles. The Morgan fingerprint density at radius 1 is 0.290 bits per heavy atom. The number of carbonyl (C=O) groups excluding carboxylic acids is 12. The maximum atomic E-state index is 14.4. The number of esters is 1. The fraction of sp³-hybridized carbons (Fsp3) is 0.657. The van der Waals surface area contributed by atoms with Crippen LogP contribution in [0.15, 0.2) is 97.1 Å². The Hall–Kier alpha value is -9.84. The molecule has 13 N–H and O–H groups in total. The van der Waals surface area contributed by atoms with Gasteiger partial charge in [-0.2, -0.15) is 20.3 Å². The van der Waals surface area contributed by atoms with Gasteiger partial charge in [0.25, 0.3) is 23.6 Å². The van der Waals surface area contributed by atoms with Crippen molar-refractivity contribution < 1.29 is 81.6 Å². The summed E-state index contributed by atoms with van der Waals surface area (Å²) in [7, 11) is 1.16. The molecule has 33 heteroatoms. The van der Waals surface area contributed by atoms with E-state index >= 15 is 0 Å². The number of amides is 11. The number of ether oxygens (including phenoxy) is 1. The fourth-order valence-corrected chi connectivity index (χ4v) is 19.6. The molecule has 4 saturated heterocycles. The average molecular weight is 1920 g/mol. The molecule has 4 aliphatic rings. The highest BCUT2D eigenvalue weighted by atomic mass is 16.7. The summed E-state index contributed by atoms with van der Waals surface area (Å²) in [5.74, 6) is -7.38. The molecular formula is C105H164N16O17. The summed E-state index contributed by atoms with van der Waals surface area (Å²) in [6.07, 6.45) is 14.4. The largest absolute Gasteiger partial charge is 0.468 e. The van der Waals surface area contributed by atoms with Gasteiger partial charge in [0.15, 0.2) is 0 Å². The molecule has 4 unspecified atom stereocenters. The van der Waals surface area contributed by atoms with Gasteiger partial charge < -0.3 is 69.0 Å². The number of hydroxylamine groups is 8. The first-order valence-corrected chi connectivity index (χ1v) is 50.1. The number of methoxy groups -OCH3 is 1. The molecule has 0 saturated carbocycles. The van der Waals surface area contributed by atoms with Crippen LogP contribution in [0.5, 0.6) is 0 Å². The second-order valence-electron chi connectivity index (χ2n) is 43.0. The third kappa shape index (κ3) is 34.3. The normalized spacial score (nSPS) is 19.3. The molecule has 0 aliphatic carbocycles. The Balaban J connectivity index is 0.883. The summed E-state index contributed by atoms with van der Waals surface area (Å²) >= 11 is 0. The van der Waals surface area contributed by atoms with Gasteiger partial charge in [0, 0.05) is 92.7 Å². The molecule has 4 aromatic carbocycles. The van der Waals surface area contributed by atoms with Crippen molar-refractivity contribution in [3.8, 4) is 0 Å². The van der Waals surface area contributed by atoms with Gasteiger partial charge >= 0.3 is 5.97 Å². The van der Waals surface area contributed by atoms with E-state index in [-0.39, 0.29) is 151 Å². The van der Waals surface area contributed by atoms with Crippen LogP contribution in [0.25, 0.3) is 0 Å². The highest BCUT2D eigenvalue weighted by molar-refractivity contribution is 5.98. The van der Waals surface area contributed by atoms with Crippen molar-refractivity contribution in [2.45, 2.75) is 385 Å². The van der Waals surface area contributed by atoms with Crippen LogP contribution in [0.4, 0.5) is 0 Å². The highest BCUT2D eigenvalue weighted by Gasteiger charge is 2.48. The highest BCUT2D eigenvalue weighted by Crippen LogP contribution is 2.45. The first kappa shape index (κ1) is 113. The van der Waals surface area contributed by atoms with Crippen LogP contribution >= 0.6 is 0 Å². The van der Waals surface area contributed by atoms with E-state index in [2.05, 4.69) is 190 Å². The van der Waals surface area contributed by atoms with Gasteiger partial charge in [0.1, 0.15) is 49.1 Å². The van der Waals surface area contributed by atoms with Gasteiger partial charge in [-0.1, -0.05) is 48.5 Å². The van der Waals surface area contributed by atoms with Gasteiger partial charge in [0.2, 0.25) is 41.4 Å². The second-order valence-corrected chi connectivity index (χ2v) is 43.0. The zero-order valence-electron chi connectivity index (χ0n) is 86.3. The average Bonchev–Trinajstić information content (AvgIpc) is 0.790. The lowest BCUT2D eigenvalue weighted by Gasteiger charge is -2.52. The topological polar surface area (TPSA) is 422 Å². The minimum atomic E-state index is -1.35. The predicted octanol–water partition coefficient (Wildman–Crippen LogP) is 12.9. The lowest BCUT2D eigenvalue weighted by molar-refractivity contribution is -0.304. The number of piperidine rings is 4. The summed E-state index contributed by atoms with van der Waals surface area (Å²) in [4.78, 5) is 190. The summed E-state index contributed by atoms with van der Waals surface area (Å²) in [6, 6.07) is 24.0. The van der Waals surface area contributed by atoms with Crippen molar-refractivity contribution in [2.75, 3.05) is 59.5 Å². The number of nitrogens with one attached hydrogen (secondary N) is 11. The SMILES string of the molecule is COC(=O)CNC(=O)[C@H](CCCCNC(=O)c1ccc(C(C)ON2C(C)(C)CCCC2(C)C)cc1)NC(=O)CNC(=O)[C@H](CCCCNC(=O)c1ccc(C(C)ON2C(C)(C)CCCC2(C)C)cc1)NC(=O)CNC(=O)[C@H](CCCCNC(=O)c1ccc(C(C)ON2C(C)(C)CCCC2(C)C)cc1)NC(=O)CNC(=O)[C@@H](N)CCCCNC(=O)c1ccc(C(C)ON2C(C)(C)CCCC2(C)C)cc1. The third-order valence-corrected chi connectivity index (χ3v) is 27.4. The van der Waals surface area contributed by atoms with Crippen molar-refractivity contribution in [3.63, 3.8) is 0 Å². The van der Waals surface area contributed by atoms with Crippen LogP contribution in [0.1, 0.15) is 381 Å². The van der Waals surface area contributed by atoms with E-state index in [1.165, 1.54) is 0 Å². The van der Waals surface area contributed by atoms with Crippen LogP contribution in [0, 0.1) is 0 Å². The Morgan fingerprint density at radius 3 is 0.710 bits per heavy atom. The minimum Gasteiger partial charge on any atom is -0.468 e. The molecule has 138 heavy (non-hydrogen) atoms. The molecule has 0 radical (unpaired) electrons. The van der Waals surface area contributed by atoms with Crippen molar-refractivity contribution in [2.24, 2.45) is 5.73 Å². The molecule has 766 valence electrons. The molecule has 0 bridgehead atoms. The van der Waals surface area contributed by atoms with E-state index in [1.807, 2.05) is 76.2 Å². The van der Waals surface area contributed by atoms with E-state index in [0.717, 1.165) is 106 Å². The predicted molar refractivity (Wildman–Crippen MR) is 532 cm³/mol. The fourth-order valence-electron chi connectivity index (χ4n) is 19.6. The van der Waals surface area contributed by atoms with E-state index in [1.54, 1.807) is 48.5 Å². The molecule has 4 fully saturated rings. The number of carbonyl (C=O) groups is 12. The van der Waals surface area contributed by atoms with Crippen molar-refractivity contribution in [1.82, 2.24) is 78.7 Å². The Labute approximate surface area is 819 Å². The monoisotopic (exact) mass is 1920 g/mol. The summed E-state index contributed by atoms with van der Waals surface area (Å²) in [5, 5.41) is 38.3. The molecule has 4 aliphatic heterocycles. The molecule has 0 spiro atoms. The number of hydrogen-bond donors (Lipinski definition) is 12. The van der Waals surface area contributed by atoms with Crippen LogP contribution < -0.4 is 64.2 Å². The molecule has 33 nitrogen and oxygen atoms in total. The summed E-state index contributed by atoms with van der Waals surface area (Å²) in [6.45, 7) is 41.3. The smallest absolute Gasteiger partial charge is 0.325 e. The molecule has 8 atom stereocenters. The summed E-state index contributed by atoms with van der Waals surface area (Å²) in [5.41, 5.74) is 10.4. The van der Waals surface area contributed by atoms with Crippen LogP contribution in [0.2, 0.25) is 0 Å². The number of benzene rings is 4. The minimum absolute atomic E-state index is 0.000478. The summed E-state index contributed by atoms with van der Waals surface area (Å²) < 4.78 is 4.73. The Morgan fingerprint density at radius 2 is 0.493 bits per heavy atom. The quantitative estimate of drug-likeness (QED) is 0.0144. The van der Waals surface area contributed by atoms with Crippen molar-refractivity contribution >= 4 is 70.9 Å². The Kier molecular flexibility index (Phi) is 42.4. The van der Waals surface area contributed by atoms with E-state index in [0.29, 0.717) is 67.3 Å². The Bertz CT molecular complexity index is 4630. The van der Waals surface area contributed by atoms with E-state index in [4.69, 9.17) is 29.8 Å². The first-order chi connectivity index (χ1) is 64.8. The van der Waals surface area contributed by atoms with Crippen molar-refractivity contribution in [1.29, 1.82) is 0 Å². The van der Waals surface area contributed by atoms with Crippen molar-refractivity contribution in [3.05, 3.63) is 142 Å². The number of rotatable bonds is 51. The van der Waals surface area contributed by atoms with Gasteiger partial charge in [-0.15, -0.1) is 0 Å². The van der Waals surface area contributed by atoms with E-state index in [9.17, 15) is 57.5 Å². The zero-order valence-corrected chi connectivity index (χ0v) is 86.3. The number of unbranched alkanes of at least 4 members (excludes halogenated alkanes) is 4. The van der Waals surface area contributed by atoms with Crippen LogP contribution in [0.3, 0.4) is 0 Å². The number of hydrogen-bond acceptors (Lipinski definition) is 22. The number of nitrogens with zero attached hydrogens (tertiary/aromatic N) is 4. The zero-order chi connectivity index (χ0) is 102. The van der Waals surface area contributed by atoms with Gasteiger partial charge in [0.05, 0.1) is 32.8 Å². The van der Waals surface area contributed by atoms with Crippen LogP contribution in [-0.2, 0) is 62.4 Å². The van der Waals surface area contributed by atoms with E-state index < -0.39 is 97.7 Å². The molecule has 11 amide bonds. The molecule has 4 aromatic rings. The lowest BCUT2D eigenvalue weighted by atomic mass is 9.82. The standard InChI is InChI=1S/C105H164N16O17/c1-70(135-118-98(5,6)54-30-55-99(118,7)8)74-38-46-78(47-39-74)90(126)107-62-26-22-34-82(106)94(130)111-66-86(122)115-83(35-23-27-63-108-91(127)79-48-40-75(41-49-79)71(2)136-119-100(9,10)56-31-57-101(119,11)12)95(131)112-67-87(123)116-84(36-24-28-64-109-92(128)80-50-42-76(43-51-80)72(3)137-120-102(13,14)58-32-59-103(120,15)16)96(132)113-68-88(124)117-85(97(133)114-69-89(125)134-21)37-25-29-65-110-93(129)81-52-44-77(45-53-81)73(4)138-121-104(17,18)60-33-61-105(121,19)20/h38-53,70-73,82-85H,22-37,54-69,106H2,1-21H3,(H,107,126)(H,108,127)(H,109,128)(H,110,129)(H,111,130)(H,112,131)(H,113,132)(H,114,133)(H,115,122)(H,116,123)(H,117,124)/t70?,71?,72?,73?,82-,83-,84-,85-/m0/s1. The molecular weight excluding hydrogens is 1760 g/mol. The second kappa shape index (κ2) is 51.5. The van der Waals surface area contributed by atoms with Gasteiger partial charge in [-0.05, 0) is 363 Å². The maximum absolute atomic E-state index is 14.4. The van der Waals surface area contributed by atoms with Gasteiger partial charge in [-0.25, -0.2) is 0 Å². The number of nitrogens with two attached hydrogens (primary N) is 1. The maximum Gasteiger partial charge on any atom is 0.325 e. The third-order valence-electron chi connectivity index (χ3n) is 27.4. The lowest BCUT2D eigenvalue weighted by Crippen LogP contribution is -2.58. The first-order valence-electron chi connectivity index (χ1n) is 50.1. The van der Waals surface area contributed by atoms with Gasteiger partial charge in [-0.3, -0.25) is 76.9 Å².